The van der Waals surface area contributed by atoms with Crippen LogP contribution in [0.4, 0.5) is 30.7 Å². The zero-order valence-corrected chi connectivity index (χ0v) is 6.22. The molecule has 0 saturated heterocycles. The Balaban J connectivity index is 3.60. The molecule has 0 aromatic heterocycles. The quantitative estimate of drug-likeness (QED) is 0.385. The average molecular weight is 218 g/mol. The lowest BCUT2D eigenvalue weighted by Gasteiger charge is -2.06. The van der Waals surface area contributed by atoms with Gasteiger partial charge in [-0.25, -0.2) is 30.7 Å². The van der Waals surface area contributed by atoms with E-state index in [1.165, 1.54) is 0 Å². The molecule has 14 heavy (non-hydrogen) atoms. The van der Waals surface area contributed by atoms with Crippen molar-refractivity contribution in [3.8, 4) is 0 Å². The summed E-state index contributed by atoms with van der Waals surface area (Å²) in [4.78, 5) is 0. The van der Waals surface area contributed by atoms with Gasteiger partial charge in [0.2, 0.25) is 5.82 Å². The highest BCUT2D eigenvalue weighted by molar-refractivity contribution is 5.24. The van der Waals surface area contributed by atoms with Crippen molar-refractivity contribution in [3.63, 3.8) is 0 Å². The van der Waals surface area contributed by atoms with E-state index in [9.17, 15) is 30.7 Å². The predicted molar refractivity (Wildman–Crippen MR) is 31.2 cm³/mol. The van der Waals surface area contributed by atoms with Gasteiger partial charge in [-0.2, -0.15) is 0 Å². The molecule has 0 N–H and O–H groups in total. The second kappa shape index (κ2) is 3.47. The Bertz CT molecular complexity index is 342. The minimum atomic E-state index is -3.76. The van der Waals surface area contributed by atoms with Crippen LogP contribution in [0.15, 0.2) is 0 Å². The van der Waals surface area contributed by atoms with E-state index >= 15 is 0 Å². The van der Waals surface area contributed by atoms with Crippen LogP contribution in [0.1, 0.15) is 12.0 Å². The Kier molecular flexibility index (Phi) is 2.68. The molecule has 0 nitrogen and oxygen atoms in total. The van der Waals surface area contributed by atoms with E-state index in [1.54, 1.807) is 0 Å². The van der Waals surface area contributed by atoms with Crippen molar-refractivity contribution in [1.82, 2.24) is 0 Å². The third kappa shape index (κ3) is 1.42. The largest absolute Gasteiger partial charge is 0.269 e. The molecule has 78 valence electrons. The normalized spacial score (nSPS) is 11.1. The first-order valence-corrected chi connectivity index (χ1v) is 3.17. The molecule has 0 atom stereocenters. The summed E-state index contributed by atoms with van der Waals surface area (Å²) in [5.74, 6) is -12.2. The van der Waals surface area contributed by atoms with Crippen molar-refractivity contribution in [2.75, 3.05) is 0 Å². The topological polar surface area (TPSA) is 0 Å². The molecule has 0 aliphatic rings. The summed E-state index contributed by atoms with van der Waals surface area (Å²) in [5.41, 5.74) is -2.11. The van der Waals surface area contributed by atoms with Crippen LogP contribution >= 0.6 is 0 Å². The van der Waals surface area contributed by atoms with Crippen molar-refractivity contribution in [3.05, 3.63) is 34.6 Å². The minimum Gasteiger partial charge on any atom is -0.205 e. The van der Waals surface area contributed by atoms with Gasteiger partial charge in [0.05, 0.1) is 5.56 Å². The lowest BCUT2D eigenvalue weighted by molar-refractivity contribution is 0.136. The van der Waals surface area contributed by atoms with Crippen molar-refractivity contribution in [1.29, 1.82) is 0 Å². The fraction of sp³-hybridized carbons (Fsp3) is 0.143. The average Bonchev–Trinajstić information content (AvgIpc) is 2.11. The lowest BCUT2D eigenvalue weighted by atomic mass is 10.2. The molecular formula is C7HF7. The Morgan fingerprint density at radius 3 is 1.14 bits per heavy atom. The maximum atomic E-state index is 12.5. The first-order valence-electron chi connectivity index (χ1n) is 3.17. The molecular weight excluding hydrogens is 217 g/mol. The molecule has 7 heteroatoms. The van der Waals surface area contributed by atoms with Gasteiger partial charge >= 0.3 is 0 Å². The van der Waals surface area contributed by atoms with Gasteiger partial charge in [0.15, 0.2) is 23.3 Å². The number of hydrogen-bond acceptors (Lipinski definition) is 0. The lowest BCUT2D eigenvalue weighted by Crippen LogP contribution is -2.07. The molecule has 1 aromatic carbocycles. The highest BCUT2D eigenvalue weighted by Gasteiger charge is 2.30. The van der Waals surface area contributed by atoms with Gasteiger partial charge in [-0.3, -0.25) is 0 Å². The zero-order chi connectivity index (χ0) is 11.0. The van der Waals surface area contributed by atoms with Crippen LogP contribution in [0.25, 0.3) is 0 Å². The smallest absolute Gasteiger partial charge is 0.205 e. The summed E-state index contributed by atoms with van der Waals surface area (Å²) < 4.78 is 85.4. The van der Waals surface area contributed by atoms with Crippen LogP contribution < -0.4 is 0 Å². The molecule has 0 unspecified atom stereocenters. The Hall–Kier alpha value is -1.27. The van der Waals surface area contributed by atoms with Crippen molar-refractivity contribution >= 4 is 0 Å². The summed E-state index contributed by atoms with van der Waals surface area (Å²) in [6.45, 7) is 0. The summed E-state index contributed by atoms with van der Waals surface area (Å²) in [7, 11) is 0. The molecule has 0 radical (unpaired) electrons. The predicted octanol–water partition coefficient (Wildman–Crippen LogP) is 3.32. The van der Waals surface area contributed by atoms with Gasteiger partial charge in [0.1, 0.15) is 0 Å². The summed E-state index contributed by atoms with van der Waals surface area (Å²) in [6.07, 6.45) is -3.76. The maximum absolute atomic E-state index is 12.5. The van der Waals surface area contributed by atoms with Crippen molar-refractivity contribution < 1.29 is 30.7 Å². The standard InChI is InChI=1S/C7HF7/c8-2-1(7(13)14)3(9)5(11)6(12)4(2)10/h7H. The molecule has 0 aliphatic heterocycles. The molecule has 0 amide bonds. The van der Waals surface area contributed by atoms with Crippen LogP contribution in [-0.2, 0) is 0 Å². The van der Waals surface area contributed by atoms with Gasteiger partial charge in [0, 0.05) is 0 Å². The van der Waals surface area contributed by atoms with Crippen LogP contribution in [0.5, 0.6) is 0 Å². The first-order chi connectivity index (χ1) is 6.37. The third-order valence-corrected chi connectivity index (χ3v) is 1.46. The van der Waals surface area contributed by atoms with Gasteiger partial charge in [-0.05, 0) is 0 Å². The van der Waals surface area contributed by atoms with Gasteiger partial charge < -0.3 is 0 Å². The molecule has 0 heterocycles. The van der Waals surface area contributed by atoms with Crippen molar-refractivity contribution in [2.45, 2.75) is 6.43 Å². The van der Waals surface area contributed by atoms with Gasteiger partial charge in [-0.15, -0.1) is 0 Å². The number of halogens is 7. The molecule has 0 aliphatic carbocycles. The fourth-order valence-electron chi connectivity index (χ4n) is 0.813. The van der Waals surface area contributed by atoms with Crippen molar-refractivity contribution in [2.24, 2.45) is 0 Å². The molecule has 0 bridgehead atoms. The van der Waals surface area contributed by atoms with Crippen LogP contribution in [0, 0.1) is 29.1 Å². The van der Waals surface area contributed by atoms with Gasteiger partial charge in [-0.1, -0.05) is 0 Å². The number of alkyl halides is 2. The van der Waals surface area contributed by atoms with Crippen LogP contribution in [0.2, 0.25) is 0 Å². The van der Waals surface area contributed by atoms with E-state index in [4.69, 9.17) is 0 Å². The number of rotatable bonds is 1. The zero-order valence-electron chi connectivity index (χ0n) is 6.22. The molecule has 0 saturated carbocycles. The summed E-state index contributed by atoms with van der Waals surface area (Å²) in [6, 6.07) is 0. The van der Waals surface area contributed by atoms with E-state index in [2.05, 4.69) is 0 Å². The highest BCUT2D eigenvalue weighted by atomic mass is 19.3. The highest BCUT2D eigenvalue weighted by Crippen LogP contribution is 2.30. The second-order valence-corrected chi connectivity index (χ2v) is 2.28. The Morgan fingerprint density at radius 2 is 0.857 bits per heavy atom. The summed E-state index contributed by atoms with van der Waals surface area (Å²) >= 11 is 0. The molecule has 1 aromatic rings. The van der Waals surface area contributed by atoms with Crippen LogP contribution in [0.3, 0.4) is 0 Å². The maximum Gasteiger partial charge on any atom is 0.269 e. The summed E-state index contributed by atoms with van der Waals surface area (Å²) in [5, 5.41) is 0. The minimum absolute atomic E-state index is 2.11. The monoisotopic (exact) mass is 218 g/mol. The van der Waals surface area contributed by atoms with E-state index in [0.717, 1.165) is 0 Å². The molecule has 1 rings (SSSR count). The first kappa shape index (κ1) is 10.8. The molecule has 0 spiro atoms. The Labute approximate surface area is 73.0 Å². The molecule has 0 fully saturated rings. The number of hydrogen-bond donors (Lipinski definition) is 0. The third-order valence-electron chi connectivity index (χ3n) is 1.46. The second-order valence-electron chi connectivity index (χ2n) is 2.28. The fourth-order valence-corrected chi connectivity index (χ4v) is 0.813. The van der Waals surface area contributed by atoms with E-state index in [0.29, 0.717) is 0 Å². The Morgan fingerprint density at radius 1 is 0.571 bits per heavy atom. The number of benzene rings is 1. The van der Waals surface area contributed by atoms with Crippen LogP contribution in [-0.4, -0.2) is 0 Å². The van der Waals surface area contributed by atoms with Gasteiger partial charge in [0.25, 0.3) is 6.43 Å². The SMILES string of the molecule is Fc1c(F)c(F)c(C(F)F)c(F)c1F. The van der Waals surface area contributed by atoms with E-state index < -0.39 is 41.1 Å². The van der Waals surface area contributed by atoms with E-state index in [-0.39, 0.29) is 0 Å². The van der Waals surface area contributed by atoms with E-state index in [1.807, 2.05) is 0 Å².